The zero-order chi connectivity index (χ0) is 10.4. The monoisotopic (exact) mass is 229 g/mol. The highest BCUT2D eigenvalue weighted by atomic mass is 35.5. The largest absolute Gasteiger partial charge is 0.465 e. The van der Waals surface area contributed by atoms with Gasteiger partial charge >= 0.3 is 5.97 Å². The molecule has 0 bridgehead atoms. The number of carbonyl (C=O) groups excluding carboxylic acids is 1. The second-order valence-corrected chi connectivity index (χ2v) is 3.05. The first-order valence-electron chi connectivity index (χ1n) is 4.70. The van der Waals surface area contributed by atoms with Gasteiger partial charge in [0.25, 0.3) is 0 Å². The Bertz CT molecular complexity index is 290. The molecule has 1 aromatic rings. The summed E-state index contributed by atoms with van der Waals surface area (Å²) >= 11 is 0. The summed E-state index contributed by atoms with van der Waals surface area (Å²) < 4.78 is 4.81. The Morgan fingerprint density at radius 1 is 1.40 bits per heavy atom. The molecule has 1 rings (SSSR count). The summed E-state index contributed by atoms with van der Waals surface area (Å²) in [4.78, 5) is 11.2. The second-order valence-electron chi connectivity index (χ2n) is 3.05. The Kier molecular flexibility index (Phi) is 6.75. The number of esters is 1. The van der Waals surface area contributed by atoms with Gasteiger partial charge in [0.2, 0.25) is 0 Å². The quantitative estimate of drug-likeness (QED) is 0.797. The average molecular weight is 230 g/mol. The van der Waals surface area contributed by atoms with Crippen molar-refractivity contribution in [3.05, 3.63) is 35.9 Å². The van der Waals surface area contributed by atoms with Crippen molar-refractivity contribution in [2.45, 2.75) is 19.4 Å². The van der Waals surface area contributed by atoms with Crippen molar-refractivity contribution in [3.63, 3.8) is 0 Å². The molecule has 0 aliphatic rings. The molecule has 15 heavy (non-hydrogen) atoms. The molecule has 0 amide bonds. The number of hydrogen-bond acceptors (Lipinski definition) is 3. The minimum Gasteiger partial charge on any atom is -0.465 e. The van der Waals surface area contributed by atoms with Crippen molar-refractivity contribution in [3.8, 4) is 0 Å². The lowest BCUT2D eigenvalue weighted by atomic mass is 10.1. The molecule has 0 saturated carbocycles. The number of carbonyl (C=O) groups is 1. The first-order chi connectivity index (χ1) is 6.74. The van der Waals surface area contributed by atoms with E-state index >= 15 is 0 Å². The van der Waals surface area contributed by atoms with E-state index in [0.29, 0.717) is 13.0 Å². The van der Waals surface area contributed by atoms with Crippen molar-refractivity contribution in [1.29, 1.82) is 0 Å². The highest BCUT2D eigenvalue weighted by Gasteiger charge is 2.14. The van der Waals surface area contributed by atoms with Gasteiger partial charge in [-0.25, -0.2) is 0 Å². The molecule has 0 fully saturated rings. The normalized spacial score (nSPS) is 11.3. The van der Waals surface area contributed by atoms with E-state index in [0.717, 1.165) is 5.56 Å². The van der Waals surface area contributed by atoms with Crippen LogP contribution in [0.2, 0.25) is 0 Å². The van der Waals surface area contributed by atoms with E-state index in [-0.39, 0.29) is 18.4 Å². The van der Waals surface area contributed by atoms with Gasteiger partial charge in [-0.3, -0.25) is 4.79 Å². The van der Waals surface area contributed by atoms with Gasteiger partial charge in [0.05, 0.1) is 6.61 Å². The fourth-order valence-electron chi connectivity index (χ4n) is 1.20. The van der Waals surface area contributed by atoms with Crippen molar-refractivity contribution in [2.75, 3.05) is 6.61 Å². The Hall–Kier alpha value is -1.06. The number of benzene rings is 1. The molecule has 0 unspecified atom stereocenters. The van der Waals surface area contributed by atoms with Crippen LogP contribution in [0.1, 0.15) is 12.5 Å². The van der Waals surface area contributed by atoms with E-state index < -0.39 is 6.04 Å². The maximum atomic E-state index is 11.2. The maximum absolute atomic E-state index is 11.2. The zero-order valence-electron chi connectivity index (χ0n) is 8.68. The van der Waals surface area contributed by atoms with E-state index in [2.05, 4.69) is 0 Å². The SMILES string of the molecule is CCOC(=O)[C@H](N)Cc1ccccc1.Cl. The second kappa shape index (κ2) is 7.26. The third-order valence-electron chi connectivity index (χ3n) is 1.89. The molecule has 4 heteroatoms. The zero-order valence-corrected chi connectivity index (χ0v) is 9.50. The molecule has 2 N–H and O–H groups in total. The van der Waals surface area contributed by atoms with Crippen molar-refractivity contribution >= 4 is 18.4 Å². The van der Waals surface area contributed by atoms with E-state index in [1.165, 1.54) is 0 Å². The molecular weight excluding hydrogens is 214 g/mol. The molecule has 0 radical (unpaired) electrons. The topological polar surface area (TPSA) is 52.3 Å². The maximum Gasteiger partial charge on any atom is 0.323 e. The molecule has 1 aromatic carbocycles. The standard InChI is InChI=1S/C11H15NO2.ClH/c1-2-14-11(13)10(12)8-9-6-4-3-5-7-9;/h3-7,10H,2,8,12H2,1H3;1H/t10-;/m1./s1. The van der Waals surface area contributed by atoms with Crippen LogP contribution in [0.4, 0.5) is 0 Å². The highest BCUT2D eigenvalue weighted by Crippen LogP contribution is 2.02. The van der Waals surface area contributed by atoms with Crippen LogP contribution in [0.5, 0.6) is 0 Å². The summed E-state index contributed by atoms with van der Waals surface area (Å²) in [5.74, 6) is -0.337. The Labute approximate surface area is 96.0 Å². The number of ether oxygens (including phenoxy) is 1. The van der Waals surface area contributed by atoms with Crippen LogP contribution in [0.3, 0.4) is 0 Å². The summed E-state index contributed by atoms with van der Waals surface area (Å²) in [5, 5.41) is 0. The van der Waals surface area contributed by atoms with Crippen LogP contribution < -0.4 is 5.73 Å². The molecule has 0 aliphatic carbocycles. The van der Waals surface area contributed by atoms with Crippen LogP contribution in [-0.2, 0) is 16.0 Å². The predicted molar refractivity (Wildman–Crippen MR) is 62.0 cm³/mol. The first-order valence-corrected chi connectivity index (χ1v) is 4.70. The minimum atomic E-state index is -0.558. The van der Waals surface area contributed by atoms with Gasteiger partial charge in [-0.2, -0.15) is 0 Å². The Balaban J connectivity index is 0.00000196. The summed E-state index contributed by atoms with van der Waals surface area (Å²) in [5.41, 5.74) is 6.71. The van der Waals surface area contributed by atoms with Crippen LogP contribution in [0.15, 0.2) is 30.3 Å². The lowest BCUT2D eigenvalue weighted by molar-refractivity contribution is -0.144. The number of hydrogen-bond donors (Lipinski definition) is 1. The number of nitrogens with two attached hydrogens (primary N) is 1. The molecule has 0 heterocycles. The lowest BCUT2D eigenvalue weighted by Gasteiger charge is -2.09. The van der Waals surface area contributed by atoms with Gasteiger partial charge < -0.3 is 10.5 Å². The van der Waals surface area contributed by atoms with Gasteiger partial charge in [0, 0.05) is 0 Å². The summed E-state index contributed by atoms with van der Waals surface area (Å²) in [6.45, 7) is 2.15. The molecule has 0 spiro atoms. The number of rotatable bonds is 4. The van der Waals surface area contributed by atoms with Crippen LogP contribution in [0, 0.1) is 0 Å². The van der Waals surface area contributed by atoms with Gasteiger partial charge in [-0.05, 0) is 18.9 Å². The van der Waals surface area contributed by atoms with E-state index in [9.17, 15) is 4.79 Å². The smallest absolute Gasteiger partial charge is 0.323 e. The van der Waals surface area contributed by atoms with Gasteiger partial charge in [-0.15, -0.1) is 12.4 Å². The van der Waals surface area contributed by atoms with Crippen LogP contribution in [0.25, 0.3) is 0 Å². The predicted octanol–water partition coefficient (Wildman–Crippen LogP) is 1.54. The average Bonchev–Trinajstić information content (AvgIpc) is 2.19. The van der Waals surface area contributed by atoms with Crippen molar-refractivity contribution in [1.82, 2.24) is 0 Å². The van der Waals surface area contributed by atoms with Crippen molar-refractivity contribution in [2.24, 2.45) is 5.73 Å². The van der Waals surface area contributed by atoms with E-state index in [4.69, 9.17) is 10.5 Å². The number of halogens is 1. The molecular formula is C11H16ClNO2. The Morgan fingerprint density at radius 2 is 2.00 bits per heavy atom. The van der Waals surface area contributed by atoms with Gasteiger partial charge in [-0.1, -0.05) is 30.3 Å². The van der Waals surface area contributed by atoms with Gasteiger partial charge in [0.1, 0.15) is 6.04 Å². The molecule has 0 aromatic heterocycles. The highest BCUT2D eigenvalue weighted by molar-refractivity contribution is 5.85. The lowest BCUT2D eigenvalue weighted by Crippen LogP contribution is -2.34. The van der Waals surface area contributed by atoms with E-state index in [1.807, 2.05) is 30.3 Å². The van der Waals surface area contributed by atoms with Crippen LogP contribution in [-0.4, -0.2) is 18.6 Å². The fourth-order valence-corrected chi connectivity index (χ4v) is 1.20. The van der Waals surface area contributed by atoms with E-state index in [1.54, 1.807) is 6.92 Å². The molecule has 0 aliphatic heterocycles. The molecule has 1 atom stereocenters. The summed E-state index contributed by atoms with van der Waals surface area (Å²) in [6, 6.07) is 9.11. The first kappa shape index (κ1) is 13.9. The third kappa shape index (κ3) is 4.81. The Morgan fingerprint density at radius 3 is 2.53 bits per heavy atom. The summed E-state index contributed by atoms with van der Waals surface area (Å²) in [7, 11) is 0. The minimum absolute atomic E-state index is 0. The molecule has 84 valence electrons. The molecule has 0 saturated heterocycles. The van der Waals surface area contributed by atoms with Crippen LogP contribution >= 0.6 is 12.4 Å². The van der Waals surface area contributed by atoms with Crippen molar-refractivity contribution < 1.29 is 9.53 Å². The summed E-state index contributed by atoms with van der Waals surface area (Å²) in [6.07, 6.45) is 0.527. The van der Waals surface area contributed by atoms with Gasteiger partial charge in [0.15, 0.2) is 0 Å². The third-order valence-corrected chi connectivity index (χ3v) is 1.89. The molecule has 3 nitrogen and oxygen atoms in total. The fraction of sp³-hybridized carbons (Fsp3) is 0.364.